The van der Waals surface area contributed by atoms with Crippen molar-refractivity contribution in [1.82, 2.24) is 4.98 Å². The summed E-state index contributed by atoms with van der Waals surface area (Å²) in [5.74, 6) is 0. The van der Waals surface area contributed by atoms with E-state index in [9.17, 15) is 0 Å². The maximum Gasteiger partial charge on any atom is 0.101 e. The van der Waals surface area contributed by atoms with Gasteiger partial charge in [0.25, 0.3) is 0 Å². The molecule has 0 saturated heterocycles. The largest absolute Gasteiger partial charge is 0.305 e. The normalized spacial score (nSPS) is 10.4. The van der Waals surface area contributed by atoms with Gasteiger partial charge in [-0.05, 0) is 60.3 Å². The molecule has 6 aromatic rings. The van der Waals surface area contributed by atoms with Gasteiger partial charge >= 0.3 is 0 Å². The van der Waals surface area contributed by atoms with Gasteiger partial charge in [0, 0.05) is 27.3 Å². The molecule has 6 rings (SSSR count). The number of hydrogen-bond acceptors (Lipinski definition) is 1. The van der Waals surface area contributed by atoms with Crippen LogP contribution < -0.4 is 21.2 Å². The van der Waals surface area contributed by atoms with Crippen LogP contribution in [-0.4, -0.2) is 17.3 Å². The van der Waals surface area contributed by atoms with E-state index < -0.39 is 15.8 Å². The molecule has 0 aliphatic rings. The van der Waals surface area contributed by atoms with Crippen molar-refractivity contribution >= 4 is 37.1 Å². The number of hydrogen-bond donors (Lipinski definition) is 0. The van der Waals surface area contributed by atoms with Crippen LogP contribution in [0.4, 0.5) is 0 Å². The quantitative estimate of drug-likeness (QED) is 0.118. The molecule has 1 heterocycles. The Hall–Kier alpha value is -3.20. The Labute approximate surface area is 261 Å². The van der Waals surface area contributed by atoms with Crippen LogP contribution in [0.5, 0.6) is 0 Å². The molecule has 0 aliphatic heterocycles. The average molecular weight is 750 g/mol. The summed E-state index contributed by atoms with van der Waals surface area (Å²) in [7, 11) is -1.57. The van der Waals surface area contributed by atoms with Gasteiger partial charge in [0.05, 0.1) is 37.1 Å². The first kappa shape index (κ1) is 30.7. The molecule has 1 nitrogen and oxygen atoms in total. The second-order valence-corrected chi connectivity index (χ2v) is 14.6. The minimum Gasteiger partial charge on any atom is -0.305 e. The van der Waals surface area contributed by atoms with Crippen molar-refractivity contribution in [3.8, 4) is 11.3 Å². The molecular formula is C37H34NP2Pt+. The molecule has 0 fully saturated rings. The fraction of sp³-hybridized carbons (Fsp3) is 0.0541. The molecule has 1 aromatic heterocycles. The summed E-state index contributed by atoms with van der Waals surface area (Å²) < 4.78 is 0. The zero-order valence-corrected chi connectivity index (χ0v) is 27.1. The van der Waals surface area contributed by atoms with Crippen LogP contribution in [-0.2, 0) is 21.1 Å². The second-order valence-electron chi connectivity index (χ2n) is 9.41. The van der Waals surface area contributed by atoms with Crippen LogP contribution in [0.1, 0.15) is 0 Å². The molecule has 0 bridgehead atoms. The third kappa shape index (κ3) is 9.15. The van der Waals surface area contributed by atoms with Crippen molar-refractivity contribution < 1.29 is 21.1 Å². The van der Waals surface area contributed by atoms with Crippen molar-refractivity contribution in [2.24, 2.45) is 0 Å². The number of pyridine rings is 1. The Morgan fingerprint density at radius 3 is 1.17 bits per heavy atom. The smallest absolute Gasteiger partial charge is 0.101 e. The standard InChI is InChI=1S/C26H24P2.C11H8N.Pt/c1-5-13-23(14-6-1)27(24-15-7-2-8-16-24)21-22-28(25-17-9-3-10-18-25)26-19-11-4-12-20-26;1-2-6-10(7-3-1)11-8-4-5-9-12-11;/h1-20H,21-22H2;1-6,8-9H;/q;-1;/p+2. The van der Waals surface area contributed by atoms with Gasteiger partial charge in [0.2, 0.25) is 0 Å². The van der Waals surface area contributed by atoms with Crippen LogP contribution in [0.2, 0.25) is 0 Å². The SMILES string of the molecule is [Pt].[c-]1ccccc1-c1ccccn1.c1ccc([PH+](CC[PH+](c2ccccc2)c2ccccc2)c2ccccc2)cc1. The maximum absolute atomic E-state index is 4.22. The van der Waals surface area contributed by atoms with Crippen molar-refractivity contribution in [3.05, 3.63) is 176 Å². The molecule has 5 aromatic carbocycles. The molecule has 0 N–H and O–H groups in total. The molecule has 0 saturated carbocycles. The molecule has 0 radical (unpaired) electrons. The molecule has 0 atom stereocenters. The summed E-state index contributed by atoms with van der Waals surface area (Å²) in [6.45, 7) is 0. The van der Waals surface area contributed by atoms with Gasteiger partial charge in [-0.2, -0.15) is 0 Å². The molecule has 0 aliphatic carbocycles. The molecule has 0 unspecified atom stereocenters. The fourth-order valence-corrected chi connectivity index (χ4v) is 11.0. The van der Waals surface area contributed by atoms with Crippen LogP contribution in [0.3, 0.4) is 0 Å². The van der Waals surface area contributed by atoms with E-state index in [2.05, 4.69) is 132 Å². The number of aromatic nitrogens is 1. The predicted octanol–water partition coefficient (Wildman–Crippen LogP) is 7.26. The summed E-state index contributed by atoms with van der Waals surface area (Å²) in [5.41, 5.74) is 2.01. The Kier molecular flexibility index (Phi) is 12.7. The number of rotatable bonds is 8. The van der Waals surface area contributed by atoms with Gasteiger partial charge in [-0.3, -0.25) is 0 Å². The summed E-state index contributed by atoms with van der Waals surface area (Å²) in [5, 5.41) is 6.06. The Bertz CT molecular complexity index is 1320. The third-order valence-corrected chi connectivity index (χ3v) is 12.9. The minimum atomic E-state index is -0.783. The topological polar surface area (TPSA) is 12.9 Å². The van der Waals surface area contributed by atoms with Gasteiger partial charge in [0.1, 0.15) is 12.3 Å². The minimum absolute atomic E-state index is 0. The summed E-state index contributed by atoms with van der Waals surface area (Å²) in [6.07, 6.45) is 4.31. The molecule has 0 spiro atoms. The van der Waals surface area contributed by atoms with Crippen molar-refractivity contribution in [2.75, 3.05) is 12.3 Å². The summed E-state index contributed by atoms with van der Waals surface area (Å²) in [6, 6.07) is 61.3. The molecule has 41 heavy (non-hydrogen) atoms. The van der Waals surface area contributed by atoms with E-state index in [0.29, 0.717) is 0 Å². The predicted molar refractivity (Wildman–Crippen MR) is 179 cm³/mol. The van der Waals surface area contributed by atoms with Gasteiger partial charge in [-0.1, -0.05) is 84.9 Å². The van der Waals surface area contributed by atoms with Crippen LogP contribution in [0, 0.1) is 6.07 Å². The van der Waals surface area contributed by atoms with Crippen molar-refractivity contribution in [1.29, 1.82) is 0 Å². The van der Waals surface area contributed by atoms with Gasteiger partial charge in [0.15, 0.2) is 0 Å². The maximum atomic E-state index is 4.22. The molecule has 0 amide bonds. The second kappa shape index (κ2) is 16.9. The Morgan fingerprint density at radius 1 is 0.439 bits per heavy atom. The van der Waals surface area contributed by atoms with Crippen LogP contribution >= 0.6 is 15.8 Å². The third-order valence-electron chi connectivity index (χ3n) is 6.76. The Morgan fingerprint density at radius 2 is 0.829 bits per heavy atom. The van der Waals surface area contributed by atoms with E-state index >= 15 is 0 Å². The van der Waals surface area contributed by atoms with Crippen LogP contribution in [0.25, 0.3) is 11.3 Å². The molecular weight excluding hydrogens is 715 g/mol. The zero-order chi connectivity index (χ0) is 27.2. The van der Waals surface area contributed by atoms with Crippen molar-refractivity contribution in [2.45, 2.75) is 0 Å². The number of nitrogens with zero attached hydrogens (tertiary/aromatic N) is 1. The molecule has 4 heteroatoms. The first-order valence-electron chi connectivity index (χ1n) is 13.7. The van der Waals surface area contributed by atoms with Crippen molar-refractivity contribution in [3.63, 3.8) is 0 Å². The van der Waals surface area contributed by atoms with Gasteiger partial charge in [-0.25, -0.2) is 0 Å². The fourth-order valence-electron chi connectivity index (χ4n) is 4.79. The van der Waals surface area contributed by atoms with Gasteiger partial charge in [-0.15, -0.1) is 35.9 Å². The van der Waals surface area contributed by atoms with E-state index in [0.717, 1.165) is 11.3 Å². The number of benzene rings is 5. The summed E-state index contributed by atoms with van der Waals surface area (Å²) >= 11 is 0. The average Bonchev–Trinajstić information content (AvgIpc) is 3.06. The van der Waals surface area contributed by atoms with Crippen LogP contribution in [0.15, 0.2) is 170 Å². The zero-order valence-electron chi connectivity index (χ0n) is 22.8. The summed E-state index contributed by atoms with van der Waals surface area (Å²) in [4.78, 5) is 4.22. The first-order valence-corrected chi connectivity index (χ1v) is 17.1. The Balaban J connectivity index is 0.000000249. The van der Waals surface area contributed by atoms with E-state index in [1.54, 1.807) is 6.20 Å². The monoisotopic (exact) mass is 749 g/mol. The van der Waals surface area contributed by atoms with E-state index in [1.807, 2.05) is 42.5 Å². The molecule has 206 valence electrons. The van der Waals surface area contributed by atoms with Gasteiger partial charge < -0.3 is 4.98 Å². The first-order chi connectivity index (χ1) is 19.9. The van der Waals surface area contributed by atoms with E-state index in [1.165, 1.54) is 33.5 Å². The van der Waals surface area contributed by atoms with E-state index in [-0.39, 0.29) is 21.1 Å². The van der Waals surface area contributed by atoms with E-state index in [4.69, 9.17) is 0 Å².